The number of Topliss-reactive ketones (excluding diaryl/α,β-unsaturated/α-hetero) is 1. The van der Waals surface area contributed by atoms with Gasteiger partial charge in [-0.1, -0.05) is 18.0 Å². The predicted octanol–water partition coefficient (Wildman–Crippen LogP) is 4.29. The van der Waals surface area contributed by atoms with Crippen LogP contribution in [0.25, 0.3) is 5.57 Å². The number of halogens is 3. The maximum absolute atomic E-state index is 14.2. The second-order valence-electron chi connectivity index (χ2n) is 5.00. The minimum atomic E-state index is -0.658. The molecule has 0 spiro atoms. The fourth-order valence-electron chi connectivity index (χ4n) is 3.14. The number of carbonyl (C=O) groups is 1. The lowest BCUT2D eigenvalue weighted by atomic mass is 9.90. The first-order chi connectivity index (χ1) is 9.02. The Morgan fingerprint density at radius 3 is 2.74 bits per heavy atom. The van der Waals surface area contributed by atoms with Crippen molar-refractivity contribution in [1.82, 2.24) is 0 Å². The Morgan fingerprint density at radius 2 is 2.00 bits per heavy atom. The molecule has 0 heterocycles. The SMILES string of the molecule is O=C1C(Br)=C(c2ccc(O)c(Cl)c2F)C2CCCC12. The molecule has 5 heteroatoms. The maximum atomic E-state index is 14.2. The molecule has 3 rings (SSSR count). The van der Waals surface area contributed by atoms with Gasteiger partial charge in [0, 0.05) is 11.5 Å². The second kappa shape index (κ2) is 4.60. The van der Waals surface area contributed by atoms with Crippen LogP contribution in [-0.2, 0) is 4.79 Å². The monoisotopic (exact) mass is 344 g/mol. The zero-order chi connectivity index (χ0) is 13.7. The van der Waals surface area contributed by atoms with Crippen LogP contribution in [0, 0.1) is 17.7 Å². The molecule has 1 aromatic rings. The summed E-state index contributed by atoms with van der Waals surface area (Å²) in [6.45, 7) is 0. The van der Waals surface area contributed by atoms with E-state index in [-0.39, 0.29) is 28.4 Å². The number of fused-ring (bicyclic) bond motifs is 1. The van der Waals surface area contributed by atoms with Crippen LogP contribution in [-0.4, -0.2) is 10.9 Å². The third-order valence-electron chi connectivity index (χ3n) is 4.03. The van der Waals surface area contributed by atoms with Crippen molar-refractivity contribution < 1.29 is 14.3 Å². The number of ketones is 1. The molecule has 100 valence electrons. The normalized spacial score (nSPS) is 26.2. The molecule has 0 aliphatic heterocycles. The lowest BCUT2D eigenvalue weighted by Crippen LogP contribution is -2.10. The predicted molar refractivity (Wildman–Crippen MR) is 74.8 cm³/mol. The van der Waals surface area contributed by atoms with Gasteiger partial charge in [0.25, 0.3) is 0 Å². The van der Waals surface area contributed by atoms with Gasteiger partial charge in [-0.3, -0.25) is 4.79 Å². The molecule has 1 N–H and O–H groups in total. The Hall–Kier alpha value is -0.870. The summed E-state index contributed by atoms with van der Waals surface area (Å²) in [5, 5.41) is 9.11. The van der Waals surface area contributed by atoms with Crippen LogP contribution in [0.1, 0.15) is 24.8 Å². The van der Waals surface area contributed by atoms with Gasteiger partial charge in [0.05, 0.1) is 4.48 Å². The van der Waals surface area contributed by atoms with Crippen molar-refractivity contribution in [3.63, 3.8) is 0 Å². The van der Waals surface area contributed by atoms with Crippen LogP contribution >= 0.6 is 27.5 Å². The Kier molecular flexibility index (Phi) is 3.18. The van der Waals surface area contributed by atoms with Gasteiger partial charge < -0.3 is 5.11 Å². The topological polar surface area (TPSA) is 37.3 Å². The van der Waals surface area contributed by atoms with Crippen molar-refractivity contribution in [2.24, 2.45) is 11.8 Å². The van der Waals surface area contributed by atoms with Crippen LogP contribution < -0.4 is 0 Å². The summed E-state index contributed by atoms with van der Waals surface area (Å²) >= 11 is 9.04. The number of hydrogen-bond acceptors (Lipinski definition) is 2. The average molecular weight is 346 g/mol. The molecule has 0 radical (unpaired) electrons. The summed E-state index contributed by atoms with van der Waals surface area (Å²) in [4.78, 5) is 12.1. The molecule has 2 atom stereocenters. The number of phenolic OH excluding ortho intramolecular Hbond substituents is 1. The van der Waals surface area contributed by atoms with E-state index in [1.807, 2.05) is 0 Å². The zero-order valence-corrected chi connectivity index (χ0v) is 12.3. The first-order valence-electron chi connectivity index (χ1n) is 6.13. The molecular formula is C14H11BrClFO2. The quantitative estimate of drug-likeness (QED) is 0.824. The van der Waals surface area contributed by atoms with E-state index < -0.39 is 5.82 Å². The fraction of sp³-hybridized carbons (Fsp3) is 0.357. The van der Waals surface area contributed by atoms with Crippen LogP contribution in [0.3, 0.4) is 0 Å². The number of allylic oxidation sites excluding steroid dienone is 2. The molecule has 1 fully saturated rings. The molecule has 2 aliphatic carbocycles. The van der Waals surface area contributed by atoms with E-state index >= 15 is 0 Å². The molecule has 19 heavy (non-hydrogen) atoms. The second-order valence-corrected chi connectivity index (χ2v) is 6.17. The van der Waals surface area contributed by atoms with Gasteiger partial charge in [0.15, 0.2) is 11.6 Å². The summed E-state index contributed by atoms with van der Waals surface area (Å²) in [6.07, 6.45) is 2.73. The van der Waals surface area contributed by atoms with Crippen molar-refractivity contribution in [2.45, 2.75) is 19.3 Å². The van der Waals surface area contributed by atoms with Crippen LogP contribution in [0.4, 0.5) is 4.39 Å². The molecule has 0 bridgehead atoms. The average Bonchev–Trinajstić information content (AvgIpc) is 2.94. The van der Waals surface area contributed by atoms with E-state index in [0.717, 1.165) is 19.3 Å². The van der Waals surface area contributed by atoms with Gasteiger partial charge >= 0.3 is 0 Å². The third kappa shape index (κ3) is 1.84. The minimum absolute atomic E-state index is 0.0312. The Labute approximate surface area is 123 Å². The molecule has 0 amide bonds. The molecular weight excluding hydrogens is 335 g/mol. The molecule has 0 aromatic heterocycles. The number of rotatable bonds is 1. The van der Waals surface area contributed by atoms with E-state index in [1.54, 1.807) is 0 Å². The highest BCUT2D eigenvalue weighted by Crippen LogP contribution is 2.52. The largest absolute Gasteiger partial charge is 0.506 e. The molecule has 1 aromatic carbocycles. The van der Waals surface area contributed by atoms with E-state index in [4.69, 9.17) is 11.6 Å². The van der Waals surface area contributed by atoms with Crippen molar-refractivity contribution in [1.29, 1.82) is 0 Å². The van der Waals surface area contributed by atoms with Crippen molar-refractivity contribution in [3.05, 3.63) is 33.0 Å². The highest BCUT2D eigenvalue weighted by Gasteiger charge is 2.44. The van der Waals surface area contributed by atoms with E-state index in [1.165, 1.54) is 12.1 Å². The van der Waals surface area contributed by atoms with E-state index in [0.29, 0.717) is 15.6 Å². The molecule has 2 aliphatic rings. The Morgan fingerprint density at radius 1 is 1.32 bits per heavy atom. The van der Waals surface area contributed by atoms with Gasteiger partial charge in [0.2, 0.25) is 0 Å². The minimum Gasteiger partial charge on any atom is -0.506 e. The van der Waals surface area contributed by atoms with Crippen molar-refractivity contribution in [3.8, 4) is 5.75 Å². The lowest BCUT2D eigenvalue weighted by Gasteiger charge is -2.15. The summed E-state index contributed by atoms with van der Waals surface area (Å²) < 4.78 is 14.7. The smallest absolute Gasteiger partial charge is 0.173 e. The van der Waals surface area contributed by atoms with Gasteiger partial charge in [-0.15, -0.1) is 0 Å². The van der Waals surface area contributed by atoms with E-state index in [2.05, 4.69) is 15.9 Å². The first-order valence-corrected chi connectivity index (χ1v) is 7.30. The third-order valence-corrected chi connectivity index (χ3v) is 5.21. The highest BCUT2D eigenvalue weighted by atomic mass is 79.9. The van der Waals surface area contributed by atoms with Crippen molar-refractivity contribution in [2.75, 3.05) is 0 Å². The van der Waals surface area contributed by atoms with Crippen molar-refractivity contribution >= 4 is 38.9 Å². The number of aromatic hydroxyl groups is 1. The van der Waals surface area contributed by atoms with Crippen LogP contribution in [0.2, 0.25) is 5.02 Å². The first kappa shape index (κ1) is 13.1. The summed E-state index contributed by atoms with van der Waals surface area (Å²) in [5.74, 6) is -0.852. The Bertz CT molecular complexity index is 612. The Balaban J connectivity index is 2.16. The summed E-state index contributed by atoms with van der Waals surface area (Å²) in [6, 6.07) is 2.85. The molecule has 2 unspecified atom stereocenters. The zero-order valence-electron chi connectivity index (χ0n) is 9.92. The van der Waals surface area contributed by atoms with E-state index in [9.17, 15) is 14.3 Å². The fourth-order valence-corrected chi connectivity index (χ4v) is 4.11. The summed E-state index contributed by atoms with van der Waals surface area (Å²) in [7, 11) is 0. The number of hydrogen-bond donors (Lipinski definition) is 1. The van der Waals surface area contributed by atoms with Crippen LogP contribution in [0.15, 0.2) is 16.6 Å². The summed E-state index contributed by atoms with van der Waals surface area (Å²) in [5.41, 5.74) is 1.02. The van der Waals surface area contributed by atoms with Gasteiger partial charge in [0.1, 0.15) is 10.8 Å². The maximum Gasteiger partial charge on any atom is 0.173 e. The molecule has 2 nitrogen and oxygen atoms in total. The lowest BCUT2D eigenvalue weighted by molar-refractivity contribution is -0.118. The standard InChI is InChI=1S/C14H11BrClFO2/c15-11-10(6-2-1-3-7(6)14(11)19)8-4-5-9(18)12(16)13(8)17/h4-7,18H,1-3H2. The van der Waals surface area contributed by atoms with Gasteiger partial charge in [-0.05, 0) is 52.4 Å². The molecule has 1 saturated carbocycles. The molecule has 0 saturated heterocycles. The number of phenols is 1. The highest BCUT2D eigenvalue weighted by molar-refractivity contribution is 9.12. The number of benzene rings is 1. The van der Waals surface area contributed by atoms with Crippen LogP contribution in [0.5, 0.6) is 5.75 Å². The number of carbonyl (C=O) groups excluding carboxylic acids is 1. The van der Waals surface area contributed by atoms with Gasteiger partial charge in [-0.2, -0.15) is 0 Å². The van der Waals surface area contributed by atoms with Gasteiger partial charge in [-0.25, -0.2) is 4.39 Å².